The molecule has 1 aromatic carbocycles. The fourth-order valence-electron chi connectivity index (χ4n) is 2.38. The topological polar surface area (TPSA) is 63.6 Å². The molecule has 0 saturated heterocycles. The summed E-state index contributed by atoms with van der Waals surface area (Å²) < 4.78 is 5.12. The summed E-state index contributed by atoms with van der Waals surface area (Å²) in [5.41, 5.74) is 0.579. The largest absolute Gasteiger partial charge is 0.481 e. The van der Waals surface area contributed by atoms with Crippen LogP contribution in [0.1, 0.15) is 63.9 Å². The smallest absolute Gasteiger partial charge is 0.311 e. The van der Waals surface area contributed by atoms with E-state index in [9.17, 15) is 14.7 Å². The van der Waals surface area contributed by atoms with E-state index < -0.39 is 17.9 Å². The number of carboxylic acid groups (broad SMARTS) is 1. The molecule has 0 heterocycles. The van der Waals surface area contributed by atoms with Crippen LogP contribution < -0.4 is 4.74 Å². The Bertz CT molecular complexity index is 468. The van der Waals surface area contributed by atoms with Crippen molar-refractivity contribution in [1.82, 2.24) is 0 Å². The highest BCUT2D eigenvalue weighted by atomic mass is 16.5. The number of hydrogen-bond acceptors (Lipinski definition) is 3. The first-order valence-corrected chi connectivity index (χ1v) is 7.56. The number of aliphatic carboxylic acids is 1. The maximum absolute atomic E-state index is 11.5. The molecule has 0 spiro atoms. The van der Waals surface area contributed by atoms with Crippen LogP contribution in [0.3, 0.4) is 0 Å². The lowest BCUT2D eigenvalue weighted by atomic mass is 9.92. The molecule has 1 N–H and O–H groups in total. The van der Waals surface area contributed by atoms with Crippen LogP contribution in [0.15, 0.2) is 24.3 Å². The second kappa shape index (κ2) is 9.16. The van der Waals surface area contributed by atoms with Gasteiger partial charge in [0, 0.05) is 12.5 Å². The number of hydrogen-bond donors (Lipinski definition) is 1. The summed E-state index contributed by atoms with van der Waals surface area (Å²) in [6, 6.07) is 6.88. The molecule has 116 valence electrons. The van der Waals surface area contributed by atoms with Crippen molar-refractivity contribution < 1.29 is 19.4 Å². The quantitative estimate of drug-likeness (QED) is 0.422. The molecule has 0 bridgehead atoms. The minimum Gasteiger partial charge on any atom is -0.481 e. The third kappa shape index (κ3) is 5.98. The Kier molecular flexibility index (Phi) is 7.51. The van der Waals surface area contributed by atoms with E-state index in [4.69, 9.17) is 4.74 Å². The number of benzene rings is 1. The van der Waals surface area contributed by atoms with Crippen molar-refractivity contribution in [1.29, 1.82) is 0 Å². The average Bonchev–Trinajstić information content (AvgIpc) is 2.43. The zero-order chi connectivity index (χ0) is 15.7. The van der Waals surface area contributed by atoms with Gasteiger partial charge in [-0.3, -0.25) is 9.59 Å². The fourth-order valence-corrected chi connectivity index (χ4v) is 2.38. The molecule has 4 heteroatoms. The van der Waals surface area contributed by atoms with Crippen molar-refractivity contribution >= 4 is 11.9 Å². The van der Waals surface area contributed by atoms with Crippen LogP contribution in [0, 0.1) is 0 Å². The van der Waals surface area contributed by atoms with E-state index in [1.807, 2.05) is 0 Å². The molecule has 21 heavy (non-hydrogen) atoms. The fraction of sp³-hybridized carbons (Fsp3) is 0.529. The minimum absolute atomic E-state index is 0.353. The number of carboxylic acids is 1. The second-order valence-electron chi connectivity index (χ2n) is 5.23. The van der Waals surface area contributed by atoms with Crippen molar-refractivity contribution in [2.24, 2.45) is 0 Å². The zero-order valence-electron chi connectivity index (χ0n) is 12.8. The van der Waals surface area contributed by atoms with E-state index >= 15 is 0 Å². The van der Waals surface area contributed by atoms with Crippen molar-refractivity contribution in [3.63, 3.8) is 0 Å². The van der Waals surface area contributed by atoms with Crippen LogP contribution >= 0.6 is 0 Å². The van der Waals surface area contributed by atoms with Crippen molar-refractivity contribution in [3.05, 3.63) is 29.8 Å². The highest BCUT2D eigenvalue weighted by Gasteiger charge is 2.23. The molecule has 0 aliphatic heterocycles. The van der Waals surface area contributed by atoms with Gasteiger partial charge < -0.3 is 9.84 Å². The van der Waals surface area contributed by atoms with Crippen molar-refractivity contribution in [2.45, 2.75) is 58.3 Å². The second-order valence-corrected chi connectivity index (χ2v) is 5.23. The van der Waals surface area contributed by atoms with E-state index in [0.717, 1.165) is 25.7 Å². The highest BCUT2D eigenvalue weighted by Crippen LogP contribution is 2.31. The van der Waals surface area contributed by atoms with Gasteiger partial charge >= 0.3 is 11.9 Å². The first-order chi connectivity index (χ1) is 10.1. The first kappa shape index (κ1) is 17.2. The Morgan fingerprint density at radius 3 is 2.43 bits per heavy atom. The monoisotopic (exact) mass is 292 g/mol. The Morgan fingerprint density at radius 2 is 1.81 bits per heavy atom. The number of para-hydroxylation sites is 1. The molecule has 1 rings (SSSR count). The van der Waals surface area contributed by atoms with E-state index in [2.05, 4.69) is 6.92 Å². The van der Waals surface area contributed by atoms with Crippen LogP contribution in [-0.2, 0) is 9.59 Å². The number of carbonyl (C=O) groups excluding carboxylic acids is 1. The molecular formula is C17H24O4. The number of esters is 1. The maximum Gasteiger partial charge on any atom is 0.311 e. The molecular weight excluding hydrogens is 268 g/mol. The lowest BCUT2D eigenvalue weighted by Gasteiger charge is -2.16. The van der Waals surface area contributed by atoms with E-state index in [0.29, 0.717) is 17.7 Å². The van der Waals surface area contributed by atoms with Gasteiger partial charge in [-0.1, -0.05) is 57.2 Å². The van der Waals surface area contributed by atoms with Crippen LogP contribution in [-0.4, -0.2) is 17.0 Å². The Balaban J connectivity index is 2.76. The predicted molar refractivity (Wildman–Crippen MR) is 81.5 cm³/mol. The summed E-state index contributed by atoms with van der Waals surface area (Å²) >= 11 is 0. The molecule has 1 atom stereocenters. The predicted octanol–water partition coefficient (Wildman–Crippen LogP) is 4.14. The summed E-state index contributed by atoms with van der Waals surface area (Å²) in [4.78, 5) is 22.6. The summed E-state index contributed by atoms with van der Waals surface area (Å²) in [5, 5.41) is 9.45. The lowest BCUT2D eigenvalue weighted by Crippen LogP contribution is -2.14. The molecule has 0 aromatic heterocycles. The summed E-state index contributed by atoms with van der Waals surface area (Å²) in [6.45, 7) is 3.46. The van der Waals surface area contributed by atoms with Gasteiger partial charge in [-0.2, -0.15) is 0 Å². The normalized spacial score (nSPS) is 11.9. The number of carbonyl (C=O) groups is 2. The standard InChI is InChI=1S/C17H24O4/c1-3-4-5-6-7-11-15(17(19)20)14-10-8-9-12-16(14)21-13(2)18/h8-10,12,15H,3-7,11H2,1-2H3,(H,19,20). The van der Waals surface area contributed by atoms with E-state index in [1.165, 1.54) is 13.3 Å². The van der Waals surface area contributed by atoms with Gasteiger partial charge in [0.05, 0.1) is 5.92 Å². The summed E-state index contributed by atoms with van der Waals surface area (Å²) in [5.74, 6) is -1.58. The number of rotatable bonds is 9. The zero-order valence-corrected chi connectivity index (χ0v) is 12.8. The molecule has 0 amide bonds. The minimum atomic E-state index is -0.870. The van der Waals surface area contributed by atoms with Gasteiger partial charge in [0.15, 0.2) is 0 Å². The third-order valence-corrected chi connectivity index (χ3v) is 3.44. The van der Waals surface area contributed by atoms with Crippen LogP contribution in [0.25, 0.3) is 0 Å². The first-order valence-electron chi connectivity index (χ1n) is 7.56. The van der Waals surface area contributed by atoms with E-state index in [1.54, 1.807) is 24.3 Å². The van der Waals surface area contributed by atoms with Gasteiger partial charge in [0.1, 0.15) is 5.75 Å². The third-order valence-electron chi connectivity index (χ3n) is 3.44. The van der Waals surface area contributed by atoms with Gasteiger partial charge in [-0.05, 0) is 12.5 Å². The Hall–Kier alpha value is -1.84. The van der Waals surface area contributed by atoms with Crippen molar-refractivity contribution in [2.75, 3.05) is 0 Å². The van der Waals surface area contributed by atoms with Crippen LogP contribution in [0.4, 0.5) is 0 Å². The summed E-state index contributed by atoms with van der Waals surface area (Å²) in [6.07, 6.45) is 5.95. The Labute approximate surface area is 126 Å². The van der Waals surface area contributed by atoms with E-state index in [-0.39, 0.29) is 0 Å². The van der Waals surface area contributed by atoms with Crippen LogP contribution in [0.2, 0.25) is 0 Å². The SMILES string of the molecule is CCCCCCCC(C(=O)O)c1ccccc1OC(C)=O. The Morgan fingerprint density at radius 1 is 1.14 bits per heavy atom. The number of unbranched alkanes of at least 4 members (excludes halogenated alkanes) is 4. The molecule has 0 fully saturated rings. The molecule has 0 saturated carbocycles. The highest BCUT2D eigenvalue weighted by molar-refractivity contribution is 5.78. The molecule has 0 aliphatic carbocycles. The molecule has 0 aliphatic rings. The van der Waals surface area contributed by atoms with Gasteiger partial charge in [0.2, 0.25) is 0 Å². The van der Waals surface area contributed by atoms with Gasteiger partial charge in [-0.15, -0.1) is 0 Å². The van der Waals surface area contributed by atoms with Crippen LogP contribution in [0.5, 0.6) is 5.75 Å². The summed E-state index contributed by atoms with van der Waals surface area (Å²) in [7, 11) is 0. The maximum atomic E-state index is 11.5. The van der Waals surface area contributed by atoms with Gasteiger partial charge in [0.25, 0.3) is 0 Å². The lowest BCUT2D eigenvalue weighted by molar-refractivity contribution is -0.139. The van der Waals surface area contributed by atoms with Crippen molar-refractivity contribution in [3.8, 4) is 5.75 Å². The number of ether oxygens (including phenoxy) is 1. The molecule has 0 radical (unpaired) electrons. The average molecular weight is 292 g/mol. The molecule has 4 nitrogen and oxygen atoms in total. The van der Waals surface area contributed by atoms with Gasteiger partial charge in [-0.25, -0.2) is 0 Å². The molecule has 1 aromatic rings. The molecule has 1 unspecified atom stereocenters.